The molecule has 5 unspecified atom stereocenters. The molecule has 7 heteroatoms. The Bertz CT molecular complexity index is 648. The molecule has 0 aromatic rings. The Kier molecular flexibility index (Phi) is 8.11. The van der Waals surface area contributed by atoms with Gasteiger partial charge in [-0.25, -0.2) is 0 Å². The van der Waals surface area contributed by atoms with Gasteiger partial charge < -0.3 is 33.6 Å². The maximum atomic E-state index is 10.9. The Morgan fingerprint density at radius 2 is 1.73 bits per heavy atom. The lowest BCUT2D eigenvalue weighted by Gasteiger charge is -2.32. The Balaban J connectivity index is 0.000000214. The molecule has 0 aliphatic carbocycles. The van der Waals surface area contributed by atoms with Crippen molar-refractivity contribution < 1.29 is 33.6 Å². The van der Waals surface area contributed by atoms with Gasteiger partial charge in [0.2, 0.25) is 0 Å². The first-order chi connectivity index (χ1) is 14.1. The van der Waals surface area contributed by atoms with Gasteiger partial charge in [-0.3, -0.25) is 0 Å². The first kappa shape index (κ1) is 25.3. The lowest BCUT2D eigenvalue weighted by Crippen LogP contribution is -2.42. The molecule has 0 amide bonds. The Morgan fingerprint density at radius 1 is 1.07 bits per heavy atom. The van der Waals surface area contributed by atoms with Gasteiger partial charge in [0.05, 0.1) is 18.3 Å². The van der Waals surface area contributed by atoms with Crippen LogP contribution in [0.25, 0.3) is 0 Å². The van der Waals surface area contributed by atoms with E-state index in [1.807, 2.05) is 34.6 Å². The fourth-order valence-corrected chi connectivity index (χ4v) is 4.78. The molecule has 3 aliphatic heterocycles. The van der Waals surface area contributed by atoms with E-state index in [4.69, 9.17) is 23.7 Å². The highest BCUT2D eigenvalue weighted by Crippen LogP contribution is 2.46. The summed E-state index contributed by atoms with van der Waals surface area (Å²) in [5.41, 5.74) is -1.02. The molecule has 0 saturated carbocycles. The molecule has 1 N–H and O–H groups in total. The maximum absolute atomic E-state index is 10.9. The molecule has 3 heterocycles. The van der Waals surface area contributed by atoms with Crippen molar-refractivity contribution >= 4 is 6.29 Å². The van der Waals surface area contributed by atoms with E-state index in [1.54, 1.807) is 14.0 Å². The van der Waals surface area contributed by atoms with E-state index in [0.717, 1.165) is 19.1 Å². The number of rotatable bonds is 5. The van der Waals surface area contributed by atoms with Gasteiger partial charge in [-0.1, -0.05) is 33.6 Å². The highest BCUT2D eigenvalue weighted by atomic mass is 16.8. The minimum atomic E-state index is -0.570. The molecule has 0 spiro atoms. The van der Waals surface area contributed by atoms with Crippen molar-refractivity contribution in [1.29, 1.82) is 0 Å². The third-order valence-corrected chi connectivity index (χ3v) is 6.79. The third kappa shape index (κ3) is 4.45. The number of aliphatic hydroxyl groups excluding tert-OH is 1. The Morgan fingerprint density at radius 3 is 2.13 bits per heavy atom. The summed E-state index contributed by atoms with van der Waals surface area (Å²) in [5, 5.41) is 9.44. The number of methoxy groups -OCH3 is 1. The number of carbonyl (C=O) groups excluding carboxylic acids is 1. The standard InChI is InChI=1S/C12H18O3.C11H20O4/c1-5-7-12(6-2)9(3)11(14-4)10(8-13)15-12;1-5-11(6-12)7(2)8-9(15-11)14-10(3,4)13-8/h8-11H,6H2,1-4H3;7-9,12H,5-6H2,1-4H3/t9?,10?,11?,12-;7?,8?,9-,11+/m01/s1. The summed E-state index contributed by atoms with van der Waals surface area (Å²) in [7, 11) is 1.60. The molecule has 30 heavy (non-hydrogen) atoms. The highest BCUT2D eigenvalue weighted by molar-refractivity contribution is 5.58. The second-order valence-corrected chi connectivity index (χ2v) is 8.78. The number of fused-ring (bicyclic) bond motifs is 1. The van der Waals surface area contributed by atoms with Crippen molar-refractivity contribution in [2.45, 2.75) is 103 Å². The minimum Gasteiger partial charge on any atom is -0.393 e. The van der Waals surface area contributed by atoms with E-state index < -0.39 is 23.1 Å². The van der Waals surface area contributed by atoms with Gasteiger partial charge >= 0.3 is 0 Å². The average molecular weight is 427 g/mol. The summed E-state index contributed by atoms with van der Waals surface area (Å²) in [6.45, 7) is 13.7. The number of carbonyl (C=O) groups is 1. The maximum Gasteiger partial charge on any atom is 0.188 e. The first-order valence-electron chi connectivity index (χ1n) is 10.8. The SMILES string of the molecule is CC#C[C@]1(CC)OC(C=O)C(OC)C1C.CC[C@@]1(CO)O[C@H]2OC(C)(C)OC2C1C. The minimum absolute atomic E-state index is 0.0187. The van der Waals surface area contributed by atoms with Crippen LogP contribution in [0.2, 0.25) is 0 Å². The average Bonchev–Trinajstić information content (AvgIpc) is 3.27. The fourth-order valence-electron chi connectivity index (χ4n) is 4.78. The van der Waals surface area contributed by atoms with Crippen LogP contribution in [0.3, 0.4) is 0 Å². The van der Waals surface area contributed by atoms with Crippen molar-refractivity contribution in [2.75, 3.05) is 13.7 Å². The normalized spacial score (nSPS) is 43.9. The zero-order chi connectivity index (χ0) is 22.7. The van der Waals surface area contributed by atoms with Gasteiger partial charge in [0, 0.05) is 18.9 Å². The topological polar surface area (TPSA) is 83.5 Å². The van der Waals surface area contributed by atoms with E-state index in [2.05, 4.69) is 18.8 Å². The molecule has 3 saturated heterocycles. The van der Waals surface area contributed by atoms with Crippen LogP contribution in [-0.4, -0.2) is 66.7 Å². The number of hydrogen-bond acceptors (Lipinski definition) is 7. The molecule has 8 atom stereocenters. The largest absolute Gasteiger partial charge is 0.393 e. The molecule has 7 nitrogen and oxygen atoms in total. The molecule has 0 bridgehead atoms. The Labute approximate surface area is 180 Å². The monoisotopic (exact) mass is 426 g/mol. The predicted octanol–water partition coefficient (Wildman–Crippen LogP) is 2.68. The van der Waals surface area contributed by atoms with Crippen LogP contribution in [0, 0.1) is 23.7 Å². The summed E-state index contributed by atoms with van der Waals surface area (Å²) in [6.07, 6.45) is 1.26. The number of aldehydes is 1. The van der Waals surface area contributed by atoms with Gasteiger partial charge in [-0.05, 0) is 33.6 Å². The zero-order valence-corrected chi connectivity index (χ0v) is 19.6. The van der Waals surface area contributed by atoms with Crippen LogP contribution in [0.4, 0.5) is 0 Å². The summed E-state index contributed by atoms with van der Waals surface area (Å²) < 4.78 is 28.3. The quantitative estimate of drug-likeness (QED) is 0.534. The van der Waals surface area contributed by atoms with Crippen LogP contribution in [0.15, 0.2) is 0 Å². The molecule has 0 aromatic carbocycles. The molecule has 0 aromatic heterocycles. The van der Waals surface area contributed by atoms with Gasteiger partial charge in [0.15, 0.2) is 18.4 Å². The second-order valence-electron chi connectivity index (χ2n) is 8.78. The van der Waals surface area contributed by atoms with E-state index in [9.17, 15) is 9.90 Å². The van der Waals surface area contributed by atoms with Crippen LogP contribution < -0.4 is 0 Å². The molecule has 172 valence electrons. The lowest BCUT2D eigenvalue weighted by molar-refractivity contribution is -0.238. The predicted molar refractivity (Wildman–Crippen MR) is 112 cm³/mol. The molecular weight excluding hydrogens is 388 g/mol. The second kappa shape index (κ2) is 9.64. The molecule has 3 fully saturated rings. The molecule has 0 radical (unpaired) electrons. The van der Waals surface area contributed by atoms with Crippen molar-refractivity contribution in [1.82, 2.24) is 0 Å². The zero-order valence-electron chi connectivity index (χ0n) is 19.6. The molecule has 3 aliphatic rings. The molecular formula is C23H38O7. The van der Waals surface area contributed by atoms with Gasteiger partial charge in [0.1, 0.15) is 17.8 Å². The summed E-state index contributed by atoms with van der Waals surface area (Å²) in [5.74, 6) is 5.64. The van der Waals surface area contributed by atoms with Gasteiger partial charge in [-0.2, -0.15) is 0 Å². The number of hydrogen-bond donors (Lipinski definition) is 1. The van der Waals surface area contributed by atoms with Crippen LogP contribution in [-0.2, 0) is 28.5 Å². The van der Waals surface area contributed by atoms with Crippen LogP contribution in [0.1, 0.15) is 61.3 Å². The highest BCUT2D eigenvalue weighted by Gasteiger charge is 2.58. The molecule has 3 rings (SSSR count). The van der Waals surface area contributed by atoms with Gasteiger partial charge in [-0.15, -0.1) is 5.92 Å². The first-order valence-corrected chi connectivity index (χ1v) is 10.8. The summed E-state index contributed by atoms with van der Waals surface area (Å²) in [6, 6.07) is 0. The van der Waals surface area contributed by atoms with Crippen molar-refractivity contribution in [3.05, 3.63) is 0 Å². The van der Waals surface area contributed by atoms with Crippen molar-refractivity contribution in [2.24, 2.45) is 11.8 Å². The number of ether oxygens (including phenoxy) is 5. The van der Waals surface area contributed by atoms with E-state index in [1.165, 1.54) is 0 Å². The van der Waals surface area contributed by atoms with E-state index in [-0.39, 0.29) is 36.9 Å². The Hall–Kier alpha value is -1.01. The van der Waals surface area contributed by atoms with E-state index >= 15 is 0 Å². The third-order valence-electron chi connectivity index (χ3n) is 6.79. The van der Waals surface area contributed by atoms with E-state index in [0.29, 0.717) is 0 Å². The van der Waals surface area contributed by atoms with Crippen LogP contribution >= 0.6 is 0 Å². The van der Waals surface area contributed by atoms with Crippen molar-refractivity contribution in [3.8, 4) is 11.8 Å². The smallest absolute Gasteiger partial charge is 0.188 e. The fraction of sp³-hybridized carbons (Fsp3) is 0.870. The van der Waals surface area contributed by atoms with Crippen LogP contribution in [0.5, 0.6) is 0 Å². The van der Waals surface area contributed by atoms with Gasteiger partial charge in [0.25, 0.3) is 0 Å². The summed E-state index contributed by atoms with van der Waals surface area (Å²) in [4.78, 5) is 10.9. The lowest BCUT2D eigenvalue weighted by atomic mass is 9.85. The number of aliphatic hydroxyl groups is 1. The summed E-state index contributed by atoms with van der Waals surface area (Å²) >= 11 is 0. The van der Waals surface area contributed by atoms with Crippen molar-refractivity contribution in [3.63, 3.8) is 0 Å².